The van der Waals surface area contributed by atoms with Gasteiger partial charge >= 0.3 is 0 Å². The van der Waals surface area contributed by atoms with Crippen LogP contribution in [0.4, 0.5) is 0 Å². The van der Waals surface area contributed by atoms with Crippen LogP contribution in [0, 0.1) is 0 Å². The van der Waals surface area contributed by atoms with E-state index < -0.39 is 0 Å². The molecule has 1 amide bonds. The average molecular weight is 270 g/mol. The topological polar surface area (TPSA) is 62.4 Å². The lowest BCUT2D eigenvalue weighted by Gasteiger charge is -2.27. The average Bonchev–Trinajstić information content (AvgIpc) is 3.08. The number of H-pyrrole nitrogens is 1. The van der Waals surface area contributed by atoms with Crippen molar-refractivity contribution in [1.29, 1.82) is 0 Å². The van der Waals surface area contributed by atoms with E-state index in [1.807, 2.05) is 29.2 Å². The largest absolute Gasteiger partial charge is 0.374 e. The van der Waals surface area contributed by atoms with Crippen molar-refractivity contribution < 1.29 is 9.53 Å². The second-order valence-electron chi connectivity index (χ2n) is 5.40. The van der Waals surface area contributed by atoms with Gasteiger partial charge in [-0.2, -0.15) is 0 Å². The molecule has 2 atom stereocenters. The van der Waals surface area contributed by atoms with E-state index in [0.29, 0.717) is 24.2 Å². The van der Waals surface area contributed by atoms with E-state index >= 15 is 0 Å². The zero-order valence-corrected chi connectivity index (χ0v) is 10.8. The van der Waals surface area contributed by atoms with Crippen molar-refractivity contribution in [3.05, 3.63) is 46.2 Å². The number of aromatic nitrogens is 1. The first-order chi connectivity index (χ1) is 9.72. The van der Waals surface area contributed by atoms with Gasteiger partial charge in [0.2, 0.25) is 5.56 Å². The smallest absolute Gasteiger partial charge is 0.255 e. The third-order valence-electron chi connectivity index (χ3n) is 4.14. The number of nitrogens with zero attached hydrogens (tertiary/aromatic N) is 1. The zero-order chi connectivity index (χ0) is 13.7. The van der Waals surface area contributed by atoms with Crippen LogP contribution in [0.1, 0.15) is 16.8 Å². The monoisotopic (exact) mass is 270 g/mol. The minimum absolute atomic E-state index is 0.0666. The quantitative estimate of drug-likeness (QED) is 0.845. The molecule has 2 aliphatic rings. The lowest BCUT2D eigenvalue weighted by Crippen LogP contribution is -2.41. The Hall–Kier alpha value is -2.14. The van der Waals surface area contributed by atoms with E-state index in [-0.39, 0.29) is 23.6 Å². The third kappa shape index (κ3) is 1.67. The van der Waals surface area contributed by atoms with Crippen molar-refractivity contribution in [2.24, 2.45) is 0 Å². The predicted molar refractivity (Wildman–Crippen MR) is 73.8 cm³/mol. The third-order valence-corrected chi connectivity index (χ3v) is 4.14. The van der Waals surface area contributed by atoms with Crippen molar-refractivity contribution in [3.63, 3.8) is 0 Å². The molecule has 2 aromatic rings. The fourth-order valence-corrected chi connectivity index (χ4v) is 3.18. The van der Waals surface area contributed by atoms with Gasteiger partial charge in [0.05, 0.1) is 24.3 Å². The Morgan fingerprint density at radius 3 is 2.95 bits per heavy atom. The van der Waals surface area contributed by atoms with Crippen LogP contribution < -0.4 is 5.56 Å². The summed E-state index contributed by atoms with van der Waals surface area (Å²) < 4.78 is 5.52. The number of hydrogen-bond acceptors (Lipinski definition) is 3. The van der Waals surface area contributed by atoms with Gasteiger partial charge in [0.1, 0.15) is 0 Å². The summed E-state index contributed by atoms with van der Waals surface area (Å²) in [4.78, 5) is 29.1. The summed E-state index contributed by atoms with van der Waals surface area (Å²) in [5.74, 6) is -0.0666. The summed E-state index contributed by atoms with van der Waals surface area (Å²) in [6.07, 6.45) is 1.07. The highest BCUT2D eigenvalue weighted by Gasteiger charge is 2.41. The van der Waals surface area contributed by atoms with Gasteiger partial charge in [0.15, 0.2) is 0 Å². The van der Waals surface area contributed by atoms with Crippen molar-refractivity contribution in [2.45, 2.75) is 18.6 Å². The number of benzene rings is 1. The lowest BCUT2D eigenvalue weighted by atomic mass is 10.1. The summed E-state index contributed by atoms with van der Waals surface area (Å²) in [5, 5.41) is 0.792. The number of nitrogens with one attached hydrogen (secondary N) is 1. The molecule has 2 aliphatic heterocycles. The van der Waals surface area contributed by atoms with Crippen LogP contribution in [-0.2, 0) is 4.74 Å². The Morgan fingerprint density at radius 1 is 1.35 bits per heavy atom. The molecular formula is C15H14N2O3. The number of amides is 1. The Kier molecular flexibility index (Phi) is 2.44. The van der Waals surface area contributed by atoms with E-state index in [1.54, 1.807) is 0 Å². The number of aromatic amines is 1. The van der Waals surface area contributed by atoms with Gasteiger partial charge in [0, 0.05) is 23.5 Å². The van der Waals surface area contributed by atoms with Gasteiger partial charge in [-0.25, -0.2) is 0 Å². The van der Waals surface area contributed by atoms with Gasteiger partial charge in [-0.1, -0.05) is 18.2 Å². The summed E-state index contributed by atoms with van der Waals surface area (Å²) in [6, 6.07) is 8.95. The van der Waals surface area contributed by atoms with E-state index in [9.17, 15) is 9.59 Å². The standard InChI is InChI=1S/C15H14N2O3/c18-14-6-12(11-3-1-2-4-13(11)16-14)15(19)17-7-10-5-9(17)8-20-10/h1-4,6,9-10H,5,7-8H2,(H,16,18). The molecule has 2 bridgehead atoms. The molecule has 1 aromatic heterocycles. The Morgan fingerprint density at radius 2 is 2.20 bits per heavy atom. The highest BCUT2D eigenvalue weighted by molar-refractivity contribution is 6.06. The SMILES string of the molecule is O=C(c1cc(=O)[nH]c2ccccc12)N1CC2CC1CO2. The van der Waals surface area contributed by atoms with Gasteiger partial charge in [0.25, 0.3) is 5.91 Å². The van der Waals surface area contributed by atoms with Crippen molar-refractivity contribution in [3.8, 4) is 0 Å². The maximum atomic E-state index is 12.7. The number of ether oxygens (including phenoxy) is 1. The first-order valence-electron chi connectivity index (χ1n) is 6.77. The number of carbonyl (C=O) groups excluding carboxylic acids is 1. The number of para-hydroxylation sites is 1. The molecule has 2 unspecified atom stereocenters. The highest BCUT2D eigenvalue weighted by Crippen LogP contribution is 2.30. The molecule has 3 heterocycles. The number of rotatable bonds is 1. The van der Waals surface area contributed by atoms with Gasteiger partial charge in [-0.15, -0.1) is 0 Å². The van der Waals surface area contributed by atoms with Crippen LogP contribution in [0.2, 0.25) is 0 Å². The molecule has 0 saturated carbocycles. The summed E-state index contributed by atoms with van der Waals surface area (Å²) in [7, 11) is 0. The van der Waals surface area contributed by atoms with Gasteiger partial charge < -0.3 is 14.6 Å². The Balaban J connectivity index is 1.82. The number of likely N-dealkylation sites (tertiary alicyclic amines) is 1. The second-order valence-corrected chi connectivity index (χ2v) is 5.40. The summed E-state index contributed by atoms with van der Waals surface area (Å²) >= 11 is 0. The predicted octanol–water partition coefficient (Wildman–Crippen LogP) is 1.14. The maximum Gasteiger partial charge on any atom is 0.255 e. The van der Waals surface area contributed by atoms with Crippen LogP contribution >= 0.6 is 0 Å². The number of carbonyl (C=O) groups is 1. The van der Waals surface area contributed by atoms with E-state index in [0.717, 1.165) is 11.8 Å². The molecule has 5 heteroatoms. The summed E-state index contributed by atoms with van der Waals surface area (Å²) in [5.41, 5.74) is 0.938. The molecule has 0 spiro atoms. The highest BCUT2D eigenvalue weighted by atomic mass is 16.5. The zero-order valence-electron chi connectivity index (χ0n) is 10.8. The van der Waals surface area contributed by atoms with E-state index in [4.69, 9.17) is 4.74 Å². The van der Waals surface area contributed by atoms with Crippen molar-refractivity contribution in [2.75, 3.05) is 13.2 Å². The molecule has 5 nitrogen and oxygen atoms in total. The molecule has 0 aliphatic carbocycles. The minimum Gasteiger partial charge on any atom is -0.374 e. The van der Waals surface area contributed by atoms with Crippen LogP contribution in [-0.4, -0.2) is 41.1 Å². The molecule has 0 radical (unpaired) electrons. The van der Waals surface area contributed by atoms with Crippen LogP contribution in [0.25, 0.3) is 10.9 Å². The summed E-state index contributed by atoms with van der Waals surface area (Å²) in [6.45, 7) is 1.24. The molecule has 20 heavy (non-hydrogen) atoms. The normalized spacial score (nSPS) is 24.5. The number of morpholine rings is 1. The molecule has 2 saturated heterocycles. The number of fused-ring (bicyclic) bond motifs is 3. The van der Waals surface area contributed by atoms with E-state index in [2.05, 4.69) is 4.98 Å². The fraction of sp³-hybridized carbons (Fsp3) is 0.333. The molecule has 1 aromatic carbocycles. The first-order valence-corrected chi connectivity index (χ1v) is 6.77. The van der Waals surface area contributed by atoms with Crippen LogP contribution in [0.5, 0.6) is 0 Å². The molecule has 4 rings (SSSR count). The molecule has 102 valence electrons. The molecule has 1 N–H and O–H groups in total. The minimum atomic E-state index is -0.243. The molecule has 2 fully saturated rings. The van der Waals surface area contributed by atoms with Gasteiger partial charge in [-0.3, -0.25) is 9.59 Å². The lowest BCUT2D eigenvalue weighted by molar-refractivity contribution is 0.0260. The van der Waals surface area contributed by atoms with Gasteiger partial charge in [-0.05, 0) is 12.5 Å². The maximum absolute atomic E-state index is 12.7. The number of hydrogen-bond donors (Lipinski definition) is 1. The first kappa shape index (κ1) is 11.7. The van der Waals surface area contributed by atoms with Crippen LogP contribution in [0.15, 0.2) is 35.1 Å². The van der Waals surface area contributed by atoms with Crippen LogP contribution in [0.3, 0.4) is 0 Å². The second kappa shape index (κ2) is 4.18. The Bertz CT molecular complexity index is 752. The van der Waals surface area contributed by atoms with Crippen molar-refractivity contribution >= 4 is 16.8 Å². The fourth-order valence-electron chi connectivity index (χ4n) is 3.18. The number of pyridine rings is 1. The van der Waals surface area contributed by atoms with Crippen molar-refractivity contribution in [1.82, 2.24) is 9.88 Å². The Labute approximate surface area is 115 Å². The molecular weight excluding hydrogens is 256 g/mol. The van der Waals surface area contributed by atoms with E-state index in [1.165, 1.54) is 6.07 Å².